The smallest absolute Gasteiger partial charge is 0.118 e. The van der Waals surface area contributed by atoms with Crippen LogP contribution < -0.4 is 0 Å². The highest BCUT2D eigenvalue weighted by Gasteiger charge is 2.07. The highest BCUT2D eigenvalue weighted by molar-refractivity contribution is 8.08. The van der Waals surface area contributed by atoms with Gasteiger partial charge in [0.25, 0.3) is 0 Å². The first-order chi connectivity index (χ1) is 11.9. The molecule has 4 aromatic rings. The zero-order chi connectivity index (χ0) is 16.2. The Balaban J connectivity index is 1.76. The topological polar surface area (TPSA) is 12.9 Å². The number of thioether (sulfide) groups is 1. The molecule has 0 unspecified atom stereocenters. The molecule has 3 heteroatoms. The Morgan fingerprint density at radius 3 is 2.21 bits per heavy atom. The van der Waals surface area contributed by atoms with Gasteiger partial charge < -0.3 is 0 Å². The van der Waals surface area contributed by atoms with Crippen LogP contribution in [0.15, 0.2) is 89.8 Å². The molecule has 1 aromatic heterocycles. The summed E-state index contributed by atoms with van der Waals surface area (Å²) in [7, 11) is 0. The molecule has 0 saturated carbocycles. The fourth-order valence-corrected chi connectivity index (χ4v) is 4.41. The Morgan fingerprint density at radius 2 is 1.46 bits per heavy atom. The fraction of sp³-hybridized carbons (Fsp3) is 0. The monoisotopic (exact) mass is 345 g/mol. The summed E-state index contributed by atoms with van der Waals surface area (Å²) < 4.78 is 1.22. The standard InChI is InChI=1S/C21H15NS2/c1-3-9-16(10-4-1)20(23-17-11-5-2-6-12-17)15-21-22-18-13-7-8-14-19(18)24-21/h1-15H/b20-15-. The van der Waals surface area contributed by atoms with Crippen molar-refractivity contribution in [1.82, 2.24) is 4.98 Å². The SMILES string of the molecule is C(=C(/Sc1ccccc1)c1ccccc1)/c1nc2ccccc2s1. The van der Waals surface area contributed by atoms with Gasteiger partial charge in [-0.2, -0.15) is 0 Å². The molecule has 0 atom stereocenters. The minimum Gasteiger partial charge on any atom is -0.237 e. The van der Waals surface area contributed by atoms with E-state index < -0.39 is 0 Å². The summed E-state index contributed by atoms with van der Waals surface area (Å²) in [5.41, 5.74) is 2.27. The zero-order valence-corrected chi connectivity index (χ0v) is 14.6. The lowest BCUT2D eigenvalue weighted by molar-refractivity contribution is 1.46. The van der Waals surface area contributed by atoms with Gasteiger partial charge in [0.2, 0.25) is 0 Å². The lowest BCUT2D eigenvalue weighted by atomic mass is 10.2. The third-order valence-electron chi connectivity index (χ3n) is 3.59. The first-order valence-corrected chi connectivity index (χ1v) is 9.37. The minimum absolute atomic E-state index is 1.04. The zero-order valence-electron chi connectivity index (χ0n) is 12.9. The van der Waals surface area contributed by atoms with Crippen molar-refractivity contribution in [3.63, 3.8) is 0 Å². The summed E-state index contributed by atoms with van der Waals surface area (Å²) in [4.78, 5) is 7.19. The molecule has 0 fully saturated rings. The Morgan fingerprint density at radius 1 is 0.792 bits per heavy atom. The number of nitrogens with zero attached hydrogens (tertiary/aromatic N) is 1. The van der Waals surface area contributed by atoms with Crippen LogP contribution in [0, 0.1) is 0 Å². The van der Waals surface area contributed by atoms with E-state index in [1.807, 2.05) is 18.2 Å². The molecular formula is C21H15NS2. The first-order valence-electron chi connectivity index (χ1n) is 7.74. The second-order valence-corrected chi connectivity index (χ2v) is 7.49. The number of hydrogen-bond donors (Lipinski definition) is 0. The molecule has 0 N–H and O–H groups in total. The maximum absolute atomic E-state index is 4.75. The van der Waals surface area contributed by atoms with Crippen LogP contribution in [0.1, 0.15) is 10.6 Å². The number of fused-ring (bicyclic) bond motifs is 1. The van der Waals surface area contributed by atoms with Gasteiger partial charge in [-0.1, -0.05) is 72.4 Å². The van der Waals surface area contributed by atoms with Gasteiger partial charge in [-0.25, -0.2) is 4.98 Å². The molecule has 0 spiro atoms. The van der Waals surface area contributed by atoms with E-state index >= 15 is 0 Å². The van der Waals surface area contributed by atoms with E-state index in [9.17, 15) is 0 Å². The molecule has 116 valence electrons. The Bertz CT molecular complexity index is 939. The van der Waals surface area contributed by atoms with Crippen LogP contribution in [0.25, 0.3) is 21.2 Å². The van der Waals surface area contributed by atoms with Crippen molar-refractivity contribution >= 4 is 44.3 Å². The third kappa shape index (κ3) is 3.42. The summed E-state index contributed by atoms with van der Waals surface area (Å²) in [5.74, 6) is 0. The van der Waals surface area contributed by atoms with Crippen molar-refractivity contribution in [3.8, 4) is 0 Å². The number of para-hydroxylation sites is 1. The lowest BCUT2D eigenvalue weighted by Crippen LogP contribution is -1.81. The van der Waals surface area contributed by atoms with Crippen molar-refractivity contribution in [2.75, 3.05) is 0 Å². The van der Waals surface area contributed by atoms with E-state index in [-0.39, 0.29) is 0 Å². The molecule has 0 aliphatic carbocycles. The molecule has 3 aromatic carbocycles. The highest BCUT2D eigenvalue weighted by atomic mass is 32.2. The van der Waals surface area contributed by atoms with Crippen LogP contribution in [-0.2, 0) is 0 Å². The van der Waals surface area contributed by atoms with Gasteiger partial charge in [0.1, 0.15) is 5.01 Å². The third-order valence-corrected chi connectivity index (χ3v) is 5.66. The quantitative estimate of drug-likeness (QED) is 0.387. The molecular weight excluding hydrogens is 330 g/mol. The Hall–Kier alpha value is -2.36. The van der Waals surface area contributed by atoms with Crippen molar-refractivity contribution in [2.45, 2.75) is 4.90 Å². The summed E-state index contributed by atoms with van der Waals surface area (Å²) in [6.07, 6.45) is 2.19. The van der Waals surface area contributed by atoms with Crippen molar-refractivity contribution in [2.24, 2.45) is 0 Å². The minimum atomic E-state index is 1.04. The van der Waals surface area contributed by atoms with E-state index in [1.54, 1.807) is 23.1 Å². The average Bonchev–Trinajstić information content (AvgIpc) is 3.05. The van der Waals surface area contributed by atoms with Crippen LogP contribution in [0.4, 0.5) is 0 Å². The Labute approximate surface area is 149 Å². The van der Waals surface area contributed by atoms with Gasteiger partial charge in [-0.15, -0.1) is 11.3 Å². The predicted octanol–water partition coefficient (Wildman–Crippen LogP) is 6.59. The van der Waals surface area contributed by atoms with E-state index in [4.69, 9.17) is 4.98 Å². The van der Waals surface area contributed by atoms with Gasteiger partial charge in [0.05, 0.1) is 10.2 Å². The van der Waals surface area contributed by atoms with Crippen LogP contribution in [0.5, 0.6) is 0 Å². The first kappa shape index (κ1) is 15.2. The second kappa shape index (κ2) is 7.04. The molecule has 0 amide bonds. The molecule has 1 nitrogen and oxygen atoms in total. The number of aromatic nitrogens is 1. The summed E-state index contributed by atoms with van der Waals surface area (Å²) in [6, 6.07) is 29.2. The normalized spacial score (nSPS) is 11.8. The molecule has 0 bridgehead atoms. The summed E-state index contributed by atoms with van der Waals surface area (Å²) >= 11 is 3.50. The van der Waals surface area contributed by atoms with Crippen LogP contribution >= 0.6 is 23.1 Å². The van der Waals surface area contributed by atoms with E-state index in [0.29, 0.717) is 0 Å². The number of benzene rings is 3. The second-order valence-electron chi connectivity index (χ2n) is 5.31. The number of rotatable bonds is 4. The van der Waals surface area contributed by atoms with Gasteiger partial charge in [-0.3, -0.25) is 0 Å². The largest absolute Gasteiger partial charge is 0.237 e. The highest BCUT2D eigenvalue weighted by Crippen LogP contribution is 2.36. The van der Waals surface area contributed by atoms with Gasteiger partial charge >= 0.3 is 0 Å². The van der Waals surface area contributed by atoms with Crippen molar-refractivity contribution in [1.29, 1.82) is 0 Å². The van der Waals surface area contributed by atoms with Gasteiger partial charge in [0, 0.05) is 9.80 Å². The van der Waals surface area contributed by atoms with E-state index in [0.717, 1.165) is 10.5 Å². The fourth-order valence-electron chi connectivity index (χ4n) is 2.45. The molecule has 0 aliphatic heterocycles. The molecule has 1 heterocycles. The molecule has 0 saturated heterocycles. The number of hydrogen-bond acceptors (Lipinski definition) is 3. The lowest BCUT2D eigenvalue weighted by Gasteiger charge is -2.07. The van der Waals surface area contributed by atoms with Gasteiger partial charge in [-0.05, 0) is 35.9 Å². The summed E-state index contributed by atoms with van der Waals surface area (Å²) in [5, 5.41) is 1.04. The van der Waals surface area contributed by atoms with Crippen LogP contribution in [0.3, 0.4) is 0 Å². The molecule has 0 aliphatic rings. The van der Waals surface area contributed by atoms with E-state index in [2.05, 4.69) is 72.8 Å². The van der Waals surface area contributed by atoms with Gasteiger partial charge in [0.15, 0.2) is 0 Å². The predicted molar refractivity (Wildman–Crippen MR) is 106 cm³/mol. The maximum atomic E-state index is 4.75. The molecule has 0 radical (unpaired) electrons. The van der Waals surface area contributed by atoms with Crippen LogP contribution in [0.2, 0.25) is 0 Å². The van der Waals surface area contributed by atoms with Crippen LogP contribution in [-0.4, -0.2) is 4.98 Å². The van der Waals surface area contributed by atoms with E-state index in [1.165, 1.54) is 20.1 Å². The van der Waals surface area contributed by atoms with Crippen molar-refractivity contribution < 1.29 is 0 Å². The number of thiazole rings is 1. The Kier molecular flexibility index (Phi) is 4.45. The maximum Gasteiger partial charge on any atom is 0.118 e. The molecule has 24 heavy (non-hydrogen) atoms. The van der Waals surface area contributed by atoms with Crippen molar-refractivity contribution in [3.05, 3.63) is 95.5 Å². The average molecular weight is 345 g/mol. The summed E-state index contributed by atoms with van der Waals surface area (Å²) in [6.45, 7) is 0. The molecule has 4 rings (SSSR count).